The summed E-state index contributed by atoms with van der Waals surface area (Å²) in [7, 11) is 0. The second kappa shape index (κ2) is 18.5. The molecule has 3 unspecified atom stereocenters. The maximum atomic E-state index is 13.7. The summed E-state index contributed by atoms with van der Waals surface area (Å²) in [5.41, 5.74) is -1.17. The van der Waals surface area contributed by atoms with Crippen LogP contribution in [0.25, 0.3) is 0 Å². The number of hydrogen-bond donors (Lipinski definition) is 0. The van der Waals surface area contributed by atoms with E-state index in [9.17, 15) is 24.0 Å². The third kappa shape index (κ3) is 11.1. The minimum absolute atomic E-state index is 0.0701. The smallest absolute Gasteiger partial charge is 0.328 e. The van der Waals surface area contributed by atoms with Gasteiger partial charge in [0, 0.05) is 32.2 Å². The molecule has 0 saturated carbocycles. The van der Waals surface area contributed by atoms with Gasteiger partial charge in [0.1, 0.15) is 23.2 Å². The highest BCUT2D eigenvalue weighted by atomic mass is 16.5. The Hall–Kier alpha value is -3.13. The topological polar surface area (TPSA) is 107 Å². The van der Waals surface area contributed by atoms with Gasteiger partial charge in [0.15, 0.2) is 0 Å². The normalized spacial score (nSPS) is 31.5. The fraction of sp³-hybridized carbons (Fsp3) is 0.629. The highest BCUT2D eigenvalue weighted by Crippen LogP contribution is 2.35. The van der Waals surface area contributed by atoms with Gasteiger partial charge < -0.3 is 14.4 Å². The quantitative estimate of drug-likeness (QED) is 0.205. The number of allylic oxidation sites excluding steroid dienone is 8. The molecular weight excluding hydrogens is 546 g/mol. The van der Waals surface area contributed by atoms with Gasteiger partial charge >= 0.3 is 5.97 Å². The molecule has 0 radical (unpaired) electrons. The number of ether oxygens (including phenoxy) is 2. The van der Waals surface area contributed by atoms with Crippen molar-refractivity contribution < 1.29 is 33.4 Å². The highest BCUT2D eigenvalue weighted by molar-refractivity contribution is 6.39. The molecule has 3 aliphatic heterocycles. The van der Waals surface area contributed by atoms with Gasteiger partial charge in [0.2, 0.25) is 0 Å². The standard InChI is InChI=1S/C35H49NO7/c1-2-35-25-17-22-30(43-35)21-14-9-7-5-3-4-6-8-11-18-28(37)19-12-10-13-20-29(38)24-27-42-34(41)31-23-15-16-26-36(31)33(40)32(35)39/h3-7,9-10,13,30-31H,2,8,11-12,14-27H2,1H3/b5-3+,6-4+,9-7+,13-10-. The SMILES string of the molecule is CCC12CCCC(CC/C=C/C=C/C=C/CCCC(=O)CC/C=C\CC(=O)CCOC(=O)C3CCCCN3C(=O)C1=O)O2. The van der Waals surface area contributed by atoms with Crippen molar-refractivity contribution in [3.8, 4) is 0 Å². The first kappa shape index (κ1) is 34.4. The predicted molar refractivity (Wildman–Crippen MR) is 165 cm³/mol. The van der Waals surface area contributed by atoms with E-state index < -0.39 is 29.3 Å². The predicted octanol–water partition coefficient (Wildman–Crippen LogP) is 6.09. The molecule has 8 heteroatoms. The largest absolute Gasteiger partial charge is 0.464 e. The van der Waals surface area contributed by atoms with Crippen molar-refractivity contribution in [3.05, 3.63) is 48.6 Å². The molecule has 3 atom stereocenters. The molecule has 1 amide bonds. The Morgan fingerprint density at radius 1 is 0.767 bits per heavy atom. The second-order valence-corrected chi connectivity index (χ2v) is 11.7. The van der Waals surface area contributed by atoms with Crippen molar-refractivity contribution in [1.29, 1.82) is 0 Å². The van der Waals surface area contributed by atoms with Gasteiger partial charge in [-0.1, -0.05) is 55.5 Å². The maximum absolute atomic E-state index is 13.7. The number of amides is 1. The molecule has 236 valence electrons. The monoisotopic (exact) mass is 595 g/mol. The molecule has 2 saturated heterocycles. The van der Waals surface area contributed by atoms with E-state index in [1.807, 2.05) is 37.3 Å². The van der Waals surface area contributed by atoms with Gasteiger partial charge in [-0.05, 0) is 77.0 Å². The molecule has 0 spiro atoms. The van der Waals surface area contributed by atoms with E-state index in [0.717, 1.165) is 44.9 Å². The Balaban J connectivity index is 1.68. The minimum Gasteiger partial charge on any atom is -0.464 e. The zero-order chi connectivity index (χ0) is 30.9. The van der Waals surface area contributed by atoms with Crippen LogP contribution in [0.2, 0.25) is 0 Å². The summed E-state index contributed by atoms with van der Waals surface area (Å²) < 4.78 is 11.8. The van der Waals surface area contributed by atoms with Crippen LogP contribution < -0.4 is 0 Å². The number of fused-ring (bicyclic) bond motifs is 3. The molecule has 3 aliphatic rings. The van der Waals surface area contributed by atoms with Crippen LogP contribution in [0.4, 0.5) is 0 Å². The summed E-state index contributed by atoms with van der Waals surface area (Å²) >= 11 is 0. The molecule has 43 heavy (non-hydrogen) atoms. The minimum atomic E-state index is -1.17. The van der Waals surface area contributed by atoms with Crippen molar-refractivity contribution >= 4 is 29.2 Å². The number of esters is 1. The Bertz CT molecular complexity index is 1090. The molecule has 2 fully saturated rings. The van der Waals surface area contributed by atoms with Gasteiger partial charge in [0.05, 0.1) is 12.7 Å². The fourth-order valence-electron chi connectivity index (χ4n) is 5.93. The molecular formula is C35H49NO7. The zero-order valence-electron chi connectivity index (χ0n) is 25.8. The second-order valence-electron chi connectivity index (χ2n) is 11.7. The Labute approximate surface area is 256 Å². The Morgan fingerprint density at radius 2 is 1.56 bits per heavy atom. The molecule has 3 heterocycles. The third-order valence-electron chi connectivity index (χ3n) is 8.53. The molecule has 3 rings (SSSR count). The zero-order valence-corrected chi connectivity index (χ0v) is 25.8. The van der Waals surface area contributed by atoms with E-state index >= 15 is 0 Å². The highest BCUT2D eigenvalue weighted by Gasteiger charge is 2.48. The first-order valence-electron chi connectivity index (χ1n) is 16.2. The van der Waals surface area contributed by atoms with E-state index in [1.54, 1.807) is 6.08 Å². The molecule has 8 nitrogen and oxygen atoms in total. The van der Waals surface area contributed by atoms with E-state index in [1.165, 1.54) is 4.90 Å². The number of carbonyl (C=O) groups excluding carboxylic acids is 5. The van der Waals surface area contributed by atoms with Crippen LogP contribution in [0.3, 0.4) is 0 Å². The molecule has 2 bridgehead atoms. The molecule has 0 aromatic rings. The van der Waals surface area contributed by atoms with Crippen LogP contribution in [0, 0.1) is 0 Å². The van der Waals surface area contributed by atoms with E-state index in [0.29, 0.717) is 51.5 Å². The summed E-state index contributed by atoms with van der Waals surface area (Å²) in [5, 5.41) is 0. The average molecular weight is 596 g/mol. The van der Waals surface area contributed by atoms with Crippen LogP contribution in [0.1, 0.15) is 110 Å². The molecule has 0 aromatic heterocycles. The van der Waals surface area contributed by atoms with Crippen LogP contribution in [0.5, 0.6) is 0 Å². The van der Waals surface area contributed by atoms with Crippen LogP contribution in [-0.4, -0.2) is 65.0 Å². The number of piperidine rings is 1. The van der Waals surface area contributed by atoms with Crippen molar-refractivity contribution in [2.75, 3.05) is 13.2 Å². The van der Waals surface area contributed by atoms with Crippen LogP contribution in [-0.2, 0) is 33.4 Å². The summed E-state index contributed by atoms with van der Waals surface area (Å²) in [6.07, 6.45) is 25.0. The number of Topliss-reactive ketones (excluding diaryl/α,β-unsaturated/α-hetero) is 3. The summed E-state index contributed by atoms with van der Waals surface area (Å²) in [6, 6.07) is -0.838. The molecule has 0 aliphatic carbocycles. The summed E-state index contributed by atoms with van der Waals surface area (Å²) in [6.45, 7) is 2.12. The lowest BCUT2D eigenvalue weighted by atomic mass is 9.83. The molecule has 0 N–H and O–H groups in total. The van der Waals surface area contributed by atoms with Crippen molar-refractivity contribution in [1.82, 2.24) is 4.90 Å². The molecule has 0 aromatic carbocycles. The van der Waals surface area contributed by atoms with E-state index in [-0.39, 0.29) is 37.1 Å². The number of ketones is 3. The average Bonchev–Trinajstić information content (AvgIpc) is 3.02. The van der Waals surface area contributed by atoms with Crippen LogP contribution >= 0.6 is 0 Å². The van der Waals surface area contributed by atoms with E-state index in [4.69, 9.17) is 9.47 Å². The Kier molecular flexibility index (Phi) is 14.8. The number of hydrogen-bond acceptors (Lipinski definition) is 7. The van der Waals surface area contributed by atoms with Crippen LogP contribution in [0.15, 0.2) is 48.6 Å². The first-order valence-corrected chi connectivity index (χ1v) is 16.2. The van der Waals surface area contributed by atoms with E-state index in [2.05, 4.69) is 12.2 Å². The first-order chi connectivity index (χ1) is 20.9. The summed E-state index contributed by atoms with van der Waals surface area (Å²) in [5.74, 6) is -1.68. The van der Waals surface area contributed by atoms with Crippen molar-refractivity contribution in [3.63, 3.8) is 0 Å². The van der Waals surface area contributed by atoms with Gasteiger partial charge in [-0.25, -0.2) is 4.79 Å². The van der Waals surface area contributed by atoms with Crippen molar-refractivity contribution in [2.45, 2.75) is 127 Å². The maximum Gasteiger partial charge on any atom is 0.328 e. The lowest BCUT2D eigenvalue weighted by Crippen LogP contribution is -2.57. The summed E-state index contributed by atoms with van der Waals surface area (Å²) in [4.78, 5) is 66.0. The van der Waals surface area contributed by atoms with Gasteiger partial charge in [-0.2, -0.15) is 0 Å². The van der Waals surface area contributed by atoms with Gasteiger partial charge in [0.25, 0.3) is 11.7 Å². The fourth-order valence-corrected chi connectivity index (χ4v) is 5.93. The number of carbonyl (C=O) groups is 5. The lowest BCUT2D eigenvalue weighted by Gasteiger charge is -2.41. The van der Waals surface area contributed by atoms with Gasteiger partial charge in [-0.3, -0.25) is 19.2 Å². The Morgan fingerprint density at radius 3 is 2.35 bits per heavy atom. The number of rotatable bonds is 1. The van der Waals surface area contributed by atoms with Crippen molar-refractivity contribution in [2.24, 2.45) is 0 Å². The number of cyclic esters (lactones) is 1. The number of nitrogens with zero attached hydrogens (tertiary/aromatic N) is 1. The lowest BCUT2D eigenvalue weighted by molar-refractivity contribution is -0.177. The van der Waals surface area contributed by atoms with Gasteiger partial charge in [-0.15, -0.1) is 0 Å². The third-order valence-corrected chi connectivity index (χ3v) is 8.53.